The quantitative estimate of drug-likeness (QED) is 0.772. The summed E-state index contributed by atoms with van der Waals surface area (Å²) in [6, 6.07) is 12.6. The summed E-state index contributed by atoms with van der Waals surface area (Å²) >= 11 is 0. The Labute approximate surface area is 126 Å². The SMILES string of the molecule is Cc1cc(NC(=O)NCc2cc(-c3ccccc3)on2)no1. The number of carbonyl (C=O) groups is 1. The van der Waals surface area contributed by atoms with E-state index >= 15 is 0 Å². The lowest BCUT2D eigenvalue weighted by Gasteiger charge is -2.01. The Morgan fingerprint density at radius 3 is 2.68 bits per heavy atom. The first-order valence-corrected chi connectivity index (χ1v) is 6.70. The van der Waals surface area contributed by atoms with E-state index in [0.29, 0.717) is 23.0 Å². The summed E-state index contributed by atoms with van der Waals surface area (Å²) in [6.07, 6.45) is 0. The molecule has 2 amide bonds. The summed E-state index contributed by atoms with van der Waals surface area (Å²) < 4.78 is 10.1. The van der Waals surface area contributed by atoms with Crippen molar-refractivity contribution in [3.05, 3.63) is 53.9 Å². The van der Waals surface area contributed by atoms with Crippen LogP contribution in [-0.4, -0.2) is 16.3 Å². The minimum absolute atomic E-state index is 0.249. The van der Waals surface area contributed by atoms with Gasteiger partial charge in [0, 0.05) is 17.7 Å². The van der Waals surface area contributed by atoms with E-state index in [1.807, 2.05) is 30.3 Å². The van der Waals surface area contributed by atoms with Gasteiger partial charge in [0.25, 0.3) is 0 Å². The molecule has 7 nitrogen and oxygen atoms in total. The Kier molecular flexibility index (Phi) is 3.86. The Morgan fingerprint density at radius 1 is 1.14 bits per heavy atom. The summed E-state index contributed by atoms with van der Waals surface area (Å²) in [4.78, 5) is 11.7. The van der Waals surface area contributed by atoms with Crippen molar-refractivity contribution in [3.63, 3.8) is 0 Å². The zero-order valence-electron chi connectivity index (χ0n) is 11.9. The number of hydrogen-bond acceptors (Lipinski definition) is 5. The number of carbonyl (C=O) groups excluding carboxylic acids is 1. The van der Waals surface area contributed by atoms with Gasteiger partial charge in [-0.1, -0.05) is 40.6 Å². The number of hydrogen-bond donors (Lipinski definition) is 2. The van der Waals surface area contributed by atoms with E-state index in [9.17, 15) is 4.79 Å². The molecule has 2 heterocycles. The molecule has 0 fully saturated rings. The number of nitrogens with one attached hydrogen (secondary N) is 2. The van der Waals surface area contributed by atoms with Crippen LogP contribution in [0.3, 0.4) is 0 Å². The lowest BCUT2D eigenvalue weighted by Crippen LogP contribution is -2.28. The molecule has 3 rings (SSSR count). The molecule has 22 heavy (non-hydrogen) atoms. The Balaban J connectivity index is 1.56. The van der Waals surface area contributed by atoms with Crippen LogP contribution in [0.1, 0.15) is 11.5 Å². The fraction of sp³-hybridized carbons (Fsp3) is 0.133. The third kappa shape index (κ3) is 3.32. The average molecular weight is 298 g/mol. The van der Waals surface area contributed by atoms with Gasteiger partial charge in [0.2, 0.25) is 0 Å². The predicted molar refractivity (Wildman–Crippen MR) is 79.0 cm³/mol. The number of anilines is 1. The molecule has 2 aromatic heterocycles. The van der Waals surface area contributed by atoms with Crippen molar-refractivity contribution >= 4 is 11.8 Å². The van der Waals surface area contributed by atoms with Crippen LogP contribution >= 0.6 is 0 Å². The summed E-state index contributed by atoms with van der Waals surface area (Å²) in [5, 5.41) is 12.8. The van der Waals surface area contributed by atoms with Crippen molar-refractivity contribution in [2.45, 2.75) is 13.5 Å². The molecule has 1 aromatic carbocycles. The molecule has 0 unspecified atom stereocenters. The number of aromatic nitrogens is 2. The first-order valence-electron chi connectivity index (χ1n) is 6.70. The van der Waals surface area contributed by atoms with E-state index in [1.165, 1.54) is 0 Å². The van der Waals surface area contributed by atoms with Crippen LogP contribution in [0, 0.1) is 6.92 Å². The van der Waals surface area contributed by atoms with Gasteiger partial charge in [0.15, 0.2) is 11.6 Å². The van der Waals surface area contributed by atoms with E-state index < -0.39 is 6.03 Å². The molecule has 0 saturated carbocycles. The highest BCUT2D eigenvalue weighted by Gasteiger charge is 2.09. The summed E-state index contributed by atoms with van der Waals surface area (Å²) in [7, 11) is 0. The van der Waals surface area contributed by atoms with Crippen LogP contribution in [0.25, 0.3) is 11.3 Å². The van der Waals surface area contributed by atoms with Crippen LogP contribution in [0.5, 0.6) is 0 Å². The van der Waals surface area contributed by atoms with E-state index in [0.717, 1.165) is 5.56 Å². The number of rotatable bonds is 4. The van der Waals surface area contributed by atoms with Crippen molar-refractivity contribution < 1.29 is 13.8 Å². The smallest absolute Gasteiger partial charge is 0.320 e. The number of benzene rings is 1. The molecule has 0 aliphatic carbocycles. The first kappa shape index (κ1) is 13.9. The fourth-order valence-corrected chi connectivity index (χ4v) is 1.89. The van der Waals surface area contributed by atoms with Crippen LogP contribution in [0.15, 0.2) is 51.5 Å². The standard InChI is InChI=1S/C15H14N4O3/c1-10-7-14(19-21-10)17-15(20)16-9-12-8-13(22-18-12)11-5-3-2-4-6-11/h2-8H,9H2,1H3,(H2,16,17,19,20). The third-order valence-electron chi connectivity index (χ3n) is 2.92. The van der Waals surface area contributed by atoms with Crippen molar-refractivity contribution in [2.75, 3.05) is 5.32 Å². The molecular weight excluding hydrogens is 284 g/mol. The zero-order chi connectivity index (χ0) is 15.4. The molecule has 0 radical (unpaired) electrons. The van der Waals surface area contributed by atoms with Crippen molar-refractivity contribution in [3.8, 4) is 11.3 Å². The molecule has 0 saturated heterocycles. The van der Waals surface area contributed by atoms with Gasteiger partial charge in [-0.25, -0.2) is 4.79 Å². The van der Waals surface area contributed by atoms with Crippen LogP contribution in [-0.2, 0) is 6.54 Å². The molecule has 0 bridgehead atoms. The van der Waals surface area contributed by atoms with Gasteiger partial charge < -0.3 is 14.4 Å². The second-order valence-corrected chi connectivity index (χ2v) is 4.68. The Morgan fingerprint density at radius 2 is 1.95 bits per heavy atom. The highest BCUT2D eigenvalue weighted by Crippen LogP contribution is 2.19. The highest BCUT2D eigenvalue weighted by molar-refractivity contribution is 5.88. The maximum absolute atomic E-state index is 11.7. The second-order valence-electron chi connectivity index (χ2n) is 4.68. The van der Waals surface area contributed by atoms with E-state index in [1.54, 1.807) is 19.1 Å². The molecular formula is C15H14N4O3. The monoisotopic (exact) mass is 298 g/mol. The number of nitrogens with zero attached hydrogens (tertiary/aromatic N) is 2. The van der Waals surface area contributed by atoms with Gasteiger partial charge in [-0.15, -0.1) is 0 Å². The molecule has 0 aliphatic heterocycles. The Bertz CT molecular complexity index is 764. The van der Waals surface area contributed by atoms with E-state index in [-0.39, 0.29) is 6.54 Å². The van der Waals surface area contributed by atoms with Crippen LogP contribution < -0.4 is 10.6 Å². The fourth-order valence-electron chi connectivity index (χ4n) is 1.89. The van der Waals surface area contributed by atoms with Crippen molar-refractivity contribution in [2.24, 2.45) is 0 Å². The molecule has 3 aromatic rings. The molecule has 7 heteroatoms. The lowest BCUT2D eigenvalue weighted by molar-refractivity contribution is 0.251. The maximum Gasteiger partial charge on any atom is 0.320 e. The predicted octanol–water partition coefficient (Wildman–Crippen LogP) is 2.96. The normalized spacial score (nSPS) is 10.4. The van der Waals surface area contributed by atoms with Gasteiger partial charge in [0.1, 0.15) is 11.5 Å². The Hall–Kier alpha value is -3.09. The molecule has 112 valence electrons. The average Bonchev–Trinajstić information content (AvgIpc) is 3.15. The number of urea groups is 1. The van der Waals surface area contributed by atoms with Crippen LogP contribution in [0.4, 0.5) is 10.6 Å². The van der Waals surface area contributed by atoms with E-state index in [4.69, 9.17) is 9.05 Å². The van der Waals surface area contributed by atoms with E-state index in [2.05, 4.69) is 20.9 Å². The van der Waals surface area contributed by atoms with Crippen molar-refractivity contribution in [1.82, 2.24) is 15.6 Å². The van der Waals surface area contributed by atoms with Gasteiger partial charge in [-0.2, -0.15) is 0 Å². The lowest BCUT2D eigenvalue weighted by atomic mass is 10.2. The van der Waals surface area contributed by atoms with Crippen LogP contribution in [0.2, 0.25) is 0 Å². The molecule has 2 N–H and O–H groups in total. The number of aryl methyl sites for hydroxylation is 1. The molecule has 0 atom stereocenters. The summed E-state index contributed by atoms with van der Waals surface area (Å²) in [6.45, 7) is 2.00. The summed E-state index contributed by atoms with van der Waals surface area (Å²) in [5.74, 6) is 1.64. The number of amides is 2. The molecule has 0 aliphatic rings. The second kappa shape index (κ2) is 6.13. The highest BCUT2D eigenvalue weighted by atomic mass is 16.5. The maximum atomic E-state index is 11.7. The van der Waals surface area contributed by atoms with Gasteiger partial charge in [0.05, 0.1) is 6.54 Å². The molecule has 0 spiro atoms. The van der Waals surface area contributed by atoms with Gasteiger partial charge >= 0.3 is 6.03 Å². The minimum Gasteiger partial charge on any atom is -0.360 e. The topological polar surface area (TPSA) is 93.2 Å². The van der Waals surface area contributed by atoms with Gasteiger partial charge in [-0.05, 0) is 6.92 Å². The van der Waals surface area contributed by atoms with Gasteiger partial charge in [-0.3, -0.25) is 5.32 Å². The minimum atomic E-state index is -0.391. The summed E-state index contributed by atoms with van der Waals surface area (Å²) in [5.41, 5.74) is 1.56. The largest absolute Gasteiger partial charge is 0.360 e. The first-order chi connectivity index (χ1) is 10.7. The third-order valence-corrected chi connectivity index (χ3v) is 2.92. The van der Waals surface area contributed by atoms with Crippen molar-refractivity contribution in [1.29, 1.82) is 0 Å². The zero-order valence-corrected chi connectivity index (χ0v) is 11.9.